The Labute approximate surface area is 475 Å². The Morgan fingerprint density at radius 2 is 1.18 bits per heavy atom. The minimum atomic E-state index is -1.56. The van der Waals surface area contributed by atoms with Crippen LogP contribution in [0.1, 0.15) is 74.8 Å². The number of hydrogen-bond acceptors (Lipinski definition) is 3. The molecule has 9 aromatic carbocycles. The number of nitrogens with zero attached hydrogens (tertiary/aromatic N) is 4. The van der Waals surface area contributed by atoms with Crippen molar-refractivity contribution in [2.24, 2.45) is 5.92 Å². The zero-order valence-electron chi connectivity index (χ0n) is 47.2. The zero-order valence-corrected chi connectivity index (χ0v) is 47.5. The Bertz CT molecular complexity index is 4480. The number of aromatic nitrogens is 3. The van der Waals surface area contributed by atoms with Crippen LogP contribution < -0.4 is 9.64 Å². The van der Waals surface area contributed by atoms with Crippen molar-refractivity contribution in [1.82, 2.24) is 14.1 Å². The van der Waals surface area contributed by atoms with Crippen molar-refractivity contribution < 1.29 is 28.5 Å². The van der Waals surface area contributed by atoms with Gasteiger partial charge in [0, 0.05) is 52.7 Å². The molecule has 388 valence electrons. The Hall–Kier alpha value is -8.11. The number of para-hydroxylation sites is 2. The maximum Gasteiger partial charge on any atom is 0.135 e. The molecule has 0 amide bonds. The first-order chi connectivity index (χ1) is 38.0. The number of ether oxygens (including phenoxy) is 1. The van der Waals surface area contributed by atoms with Gasteiger partial charge in [0.05, 0.1) is 0 Å². The molecule has 78 heavy (non-hydrogen) atoms. The first-order valence-corrected chi connectivity index (χ1v) is 26.8. The molecule has 0 spiro atoms. The molecule has 4 heterocycles. The van der Waals surface area contributed by atoms with E-state index in [4.69, 9.17) is 9.72 Å². The molecular weight excluding hydrogens is 1130 g/mol. The van der Waals surface area contributed by atoms with E-state index in [-0.39, 0.29) is 37.8 Å². The second-order valence-corrected chi connectivity index (χ2v) is 22.8. The topological polar surface area (TPSA) is 35.2 Å². The van der Waals surface area contributed by atoms with Gasteiger partial charge >= 0.3 is 0 Å². The third-order valence-corrected chi connectivity index (χ3v) is 15.1. The number of anilines is 2. The summed E-state index contributed by atoms with van der Waals surface area (Å²) in [5.41, 5.74) is 12.6. The first-order valence-electron chi connectivity index (χ1n) is 27.8. The fourth-order valence-electron chi connectivity index (χ4n) is 11.4. The molecule has 6 heteroatoms. The van der Waals surface area contributed by atoms with Gasteiger partial charge < -0.3 is 18.8 Å². The number of fused-ring (bicyclic) bond motifs is 10. The molecule has 1 aliphatic heterocycles. The SMILES string of the molecule is [2H]C([2H])(c1cc(-c2cccc3c4ccccc4c4ccccc4c4cccc5c4n(c23)[CH-]N5c2[c-]c(Oc3[c-]c4c(cc3)c3cc(-c5ccccc5)ccc3n4-c3cc(C(C)(C)C)ccn3)ccc2)cc(C(C)(C)C)c1)C(C)C.[Pt]. The van der Waals surface area contributed by atoms with E-state index in [2.05, 4.69) is 250 Å². The zero-order chi connectivity index (χ0) is 54.5. The minimum absolute atomic E-state index is 0. The van der Waals surface area contributed by atoms with Crippen LogP contribution in [0.4, 0.5) is 11.4 Å². The summed E-state index contributed by atoms with van der Waals surface area (Å²) < 4.78 is 30.3. The van der Waals surface area contributed by atoms with Gasteiger partial charge in [0.25, 0.3) is 0 Å². The molecule has 0 fully saturated rings. The van der Waals surface area contributed by atoms with Gasteiger partial charge in [-0.15, -0.1) is 35.7 Å². The van der Waals surface area contributed by atoms with E-state index in [0.717, 1.165) is 110 Å². The summed E-state index contributed by atoms with van der Waals surface area (Å²) in [6.07, 6.45) is 0.344. The molecule has 5 nitrogen and oxygen atoms in total. The summed E-state index contributed by atoms with van der Waals surface area (Å²) in [6.45, 7) is 19.4. The quantitative estimate of drug-likeness (QED) is 0.142. The van der Waals surface area contributed by atoms with E-state index in [0.29, 0.717) is 17.1 Å². The normalized spacial score (nSPS) is 13.1. The first kappa shape index (κ1) is 48.3. The van der Waals surface area contributed by atoms with Crippen LogP contribution in [0.25, 0.3) is 93.2 Å². The van der Waals surface area contributed by atoms with E-state index in [9.17, 15) is 2.74 Å². The van der Waals surface area contributed by atoms with Crippen LogP contribution >= 0.6 is 0 Å². The molecule has 13 rings (SSSR count). The molecule has 1 aliphatic rings. The van der Waals surface area contributed by atoms with Crippen LogP contribution in [-0.4, -0.2) is 14.1 Å². The van der Waals surface area contributed by atoms with Gasteiger partial charge in [-0.3, -0.25) is 0 Å². The van der Waals surface area contributed by atoms with Crippen molar-refractivity contribution in [3.8, 4) is 39.6 Å². The van der Waals surface area contributed by atoms with Crippen molar-refractivity contribution in [2.75, 3.05) is 4.90 Å². The van der Waals surface area contributed by atoms with Gasteiger partial charge in [-0.25, -0.2) is 4.98 Å². The smallest absolute Gasteiger partial charge is 0.135 e. The van der Waals surface area contributed by atoms with Gasteiger partial charge in [0.2, 0.25) is 0 Å². The Kier molecular flexibility index (Phi) is 12.2. The van der Waals surface area contributed by atoms with Gasteiger partial charge in [-0.05, 0) is 142 Å². The Morgan fingerprint density at radius 1 is 0.538 bits per heavy atom. The predicted molar refractivity (Wildman–Crippen MR) is 323 cm³/mol. The van der Waals surface area contributed by atoms with Gasteiger partial charge in [0.15, 0.2) is 0 Å². The second kappa shape index (κ2) is 19.7. The average molecular weight is 1200 g/mol. The fraction of sp³-hybridized carbons (Fsp3) is 0.167. The van der Waals surface area contributed by atoms with Gasteiger partial charge in [-0.2, -0.15) is 12.1 Å². The average Bonchev–Trinajstić information content (AvgIpc) is 3.53. The maximum absolute atomic E-state index is 9.41. The molecular formula is C72H61N4OPt-3. The summed E-state index contributed by atoms with van der Waals surface area (Å²) in [4.78, 5) is 7.19. The predicted octanol–water partition coefficient (Wildman–Crippen LogP) is 19.4. The van der Waals surface area contributed by atoms with Crippen molar-refractivity contribution in [2.45, 2.75) is 72.6 Å². The van der Waals surface area contributed by atoms with Crippen LogP contribution in [0.5, 0.6) is 11.5 Å². The molecule has 0 saturated heterocycles. The van der Waals surface area contributed by atoms with Crippen LogP contribution in [0.15, 0.2) is 200 Å². The van der Waals surface area contributed by atoms with Crippen LogP contribution in [-0.2, 0) is 38.3 Å². The largest absolute Gasteiger partial charge is 0.509 e. The fourth-order valence-corrected chi connectivity index (χ4v) is 11.4. The summed E-state index contributed by atoms with van der Waals surface area (Å²) in [6, 6.07) is 76.2. The van der Waals surface area contributed by atoms with Crippen LogP contribution in [0, 0.1) is 24.7 Å². The molecule has 12 aromatic rings. The van der Waals surface area contributed by atoms with E-state index in [1.807, 2.05) is 38.2 Å². The van der Waals surface area contributed by atoms with Crippen LogP contribution in [0.2, 0.25) is 0 Å². The van der Waals surface area contributed by atoms with Crippen molar-refractivity contribution >= 4 is 76.5 Å². The molecule has 0 radical (unpaired) electrons. The molecule has 0 unspecified atom stereocenters. The number of pyridine rings is 1. The van der Waals surface area contributed by atoms with Gasteiger partial charge in [-0.1, -0.05) is 206 Å². The molecule has 0 atom stereocenters. The molecule has 3 aromatic heterocycles. The van der Waals surface area contributed by atoms with E-state index < -0.39 is 6.37 Å². The third-order valence-electron chi connectivity index (χ3n) is 15.1. The van der Waals surface area contributed by atoms with E-state index >= 15 is 0 Å². The molecule has 0 N–H and O–H groups in total. The molecule has 0 aliphatic carbocycles. The van der Waals surface area contributed by atoms with E-state index in [1.165, 1.54) is 5.56 Å². The Balaban J connectivity index is 0.00000637. The number of benzene rings is 9. The number of rotatable bonds is 8. The van der Waals surface area contributed by atoms with E-state index in [1.54, 1.807) is 0 Å². The van der Waals surface area contributed by atoms with Crippen molar-refractivity contribution in [3.63, 3.8) is 0 Å². The second-order valence-electron chi connectivity index (χ2n) is 22.8. The van der Waals surface area contributed by atoms with Gasteiger partial charge in [0.1, 0.15) is 5.82 Å². The van der Waals surface area contributed by atoms with Crippen molar-refractivity contribution in [3.05, 3.63) is 236 Å². The monoisotopic (exact) mass is 1190 g/mol. The standard InChI is InChI=1S/C72H61N4O.Pt/c1-46(2)37-47-38-50(40-52(39-47)72(6,7)8)56-27-17-28-62-59-25-14-12-23-57(59)58-24-13-15-26-60(58)63-29-18-30-66-70(63)75(69(56)62)45-74(66)53-21-16-22-54(43-53)77-55-32-33-61-64-41-49(48-19-10-9-11-20-48)31-34-65(64)76(67(61)44-55)68-42-51(35-36-73-68)71(3,4)5;/h9-36,38-42,45-46H,37H2,1-8H3;/q-3;/i37D2;. The molecule has 0 saturated carbocycles. The summed E-state index contributed by atoms with van der Waals surface area (Å²) in [7, 11) is 0. The number of hydrogen-bond donors (Lipinski definition) is 0. The molecule has 0 bridgehead atoms. The van der Waals surface area contributed by atoms with Crippen LogP contribution in [0.3, 0.4) is 0 Å². The summed E-state index contributed by atoms with van der Waals surface area (Å²) in [5.74, 6) is 1.70. The summed E-state index contributed by atoms with van der Waals surface area (Å²) in [5, 5.41) is 8.86. The minimum Gasteiger partial charge on any atom is -0.509 e. The van der Waals surface area contributed by atoms with Crippen molar-refractivity contribution in [1.29, 1.82) is 0 Å². The maximum atomic E-state index is 9.41. The Morgan fingerprint density at radius 3 is 1.88 bits per heavy atom. The third kappa shape index (κ3) is 8.98. The summed E-state index contributed by atoms with van der Waals surface area (Å²) >= 11 is 0.